The molecule has 3 heterocycles. The first-order chi connectivity index (χ1) is 37.5. The van der Waals surface area contributed by atoms with E-state index in [0.717, 1.165) is 50.3 Å². The van der Waals surface area contributed by atoms with Gasteiger partial charge in [-0.05, 0) is 146 Å². The summed E-state index contributed by atoms with van der Waals surface area (Å²) in [7, 11) is 0. The fourth-order valence-electron chi connectivity index (χ4n) is 10.4. The van der Waals surface area contributed by atoms with Gasteiger partial charge in [0.05, 0.1) is 0 Å². The first kappa shape index (κ1) is 45.6. The van der Waals surface area contributed by atoms with E-state index in [1.54, 1.807) is 18.2 Å². The van der Waals surface area contributed by atoms with E-state index in [1.807, 2.05) is 48.8 Å². The molecule has 0 atom stereocenters. The summed E-state index contributed by atoms with van der Waals surface area (Å²) in [5.74, 6) is 0.516. The second kappa shape index (κ2) is 22.6. The smallest absolute Gasteiger partial charge is 0.305 e. The van der Waals surface area contributed by atoms with Crippen LogP contribution in [-0.2, 0) is 67.4 Å². The standard InChI is InChI=1S/C70H76N3.Ir/c1-48-47-73-66(44-63(48)55-25-23-54(24-26-55)53-15-13-12-14-16-53)56-21-19-49(20-22-56)17-18-50-39-51(45-69(8,9)59-31-27-57(28-32-59)64-42-61(35-37-71-64)67(2,3)4)41-52(40-50)46-70(10,11)60-33-29-58(30-34-60)65-43-62(36-38-72-65)68(5,6)7;/h19-21,23-27,29,31-44,47,53H,12-18,45-46H2,1-11H3;/q-3;+3/i1D3,17D2,18D2;. The van der Waals surface area contributed by atoms with Crippen LogP contribution < -0.4 is 0 Å². The summed E-state index contributed by atoms with van der Waals surface area (Å²) in [6, 6.07) is 51.8. The number of aryl methyl sites for hydroxylation is 3. The fourth-order valence-corrected chi connectivity index (χ4v) is 10.4. The van der Waals surface area contributed by atoms with E-state index in [0.29, 0.717) is 35.6 Å². The number of pyridine rings is 3. The molecule has 3 nitrogen and oxygen atoms in total. The molecule has 380 valence electrons. The van der Waals surface area contributed by atoms with Crippen LogP contribution in [0, 0.1) is 25.1 Å². The minimum Gasteiger partial charge on any atom is -0.305 e. The summed E-state index contributed by atoms with van der Waals surface area (Å²) in [5.41, 5.74) is 13.1. The molecule has 5 aromatic carbocycles. The number of hydrogen-bond donors (Lipinski definition) is 0. The van der Waals surface area contributed by atoms with Crippen LogP contribution in [0.4, 0.5) is 0 Å². The summed E-state index contributed by atoms with van der Waals surface area (Å²) in [5, 5.41) is 0. The van der Waals surface area contributed by atoms with Crippen LogP contribution in [0.25, 0.3) is 44.9 Å². The predicted molar refractivity (Wildman–Crippen MR) is 306 cm³/mol. The van der Waals surface area contributed by atoms with Crippen LogP contribution in [-0.4, -0.2) is 15.0 Å². The van der Waals surface area contributed by atoms with Gasteiger partial charge in [0.1, 0.15) is 0 Å². The number of aromatic nitrogens is 3. The Balaban J connectivity index is 0.00000860. The molecule has 0 saturated heterocycles. The fraction of sp³-hybridized carbons (Fsp3) is 0.357. The van der Waals surface area contributed by atoms with Gasteiger partial charge in [0.25, 0.3) is 0 Å². The molecule has 1 aliphatic carbocycles. The maximum absolute atomic E-state index is 9.80. The minimum absolute atomic E-state index is 0. The summed E-state index contributed by atoms with van der Waals surface area (Å²) >= 11 is 0. The summed E-state index contributed by atoms with van der Waals surface area (Å²) in [6.45, 7) is 19.5. The Morgan fingerprint density at radius 3 is 1.46 bits per heavy atom. The van der Waals surface area contributed by atoms with Crippen molar-refractivity contribution in [2.24, 2.45) is 0 Å². The molecule has 0 N–H and O–H groups in total. The molecular formula is C70H76IrN3. The molecule has 1 saturated carbocycles. The third-order valence-electron chi connectivity index (χ3n) is 15.0. The van der Waals surface area contributed by atoms with E-state index in [2.05, 4.69) is 169 Å². The van der Waals surface area contributed by atoms with Crippen LogP contribution >= 0.6 is 0 Å². The topological polar surface area (TPSA) is 38.7 Å². The van der Waals surface area contributed by atoms with Crippen molar-refractivity contribution in [1.82, 2.24) is 15.0 Å². The molecule has 9 rings (SSSR count). The number of rotatable bonds is 14. The second-order valence-corrected chi connectivity index (χ2v) is 23.8. The normalized spacial score (nSPS) is 15.6. The summed E-state index contributed by atoms with van der Waals surface area (Å²) in [4.78, 5) is 13.9. The molecule has 0 bridgehead atoms. The Hall–Kier alpha value is -5.80. The Labute approximate surface area is 468 Å². The van der Waals surface area contributed by atoms with Crippen LogP contribution in [0.15, 0.2) is 146 Å². The van der Waals surface area contributed by atoms with Gasteiger partial charge >= 0.3 is 20.1 Å². The van der Waals surface area contributed by atoms with Gasteiger partial charge in [0.15, 0.2) is 0 Å². The van der Waals surface area contributed by atoms with Gasteiger partial charge in [-0.3, -0.25) is 0 Å². The zero-order valence-corrected chi connectivity index (χ0v) is 47.5. The van der Waals surface area contributed by atoms with E-state index in [1.165, 1.54) is 61.1 Å². The molecule has 3 aromatic heterocycles. The van der Waals surface area contributed by atoms with Gasteiger partial charge in [-0.25, -0.2) is 0 Å². The van der Waals surface area contributed by atoms with Crippen LogP contribution in [0.3, 0.4) is 0 Å². The number of nitrogens with zero attached hydrogens (tertiary/aromatic N) is 3. The van der Waals surface area contributed by atoms with Crippen molar-refractivity contribution in [2.45, 2.75) is 161 Å². The second-order valence-electron chi connectivity index (χ2n) is 23.8. The maximum Gasteiger partial charge on any atom is 3.00 e. The molecule has 4 heteroatoms. The average Bonchev–Trinajstić information content (AvgIpc) is 3.58. The molecule has 0 spiro atoms. The molecule has 0 amide bonds. The van der Waals surface area contributed by atoms with Crippen molar-refractivity contribution in [3.63, 3.8) is 0 Å². The van der Waals surface area contributed by atoms with E-state index < -0.39 is 30.4 Å². The van der Waals surface area contributed by atoms with Gasteiger partial charge < -0.3 is 15.0 Å². The Morgan fingerprint density at radius 2 is 0.986 bits per heavy atom. The molecule has 0 radical (unpaired) electrons. The zero-order chi connectivity index (χ0) is 57.6. The Bertz CT molecular complexity index is 3320. The van der Waals surface area contributed by atoms with E-state index in [9.17, 15) is 5.48 Å². The van der Waals surface area contributed by atoms with Gasteiger partial charge in [0.2, 0.25) is 0 Å². The minimum atomic E-state index is -2.51. The Morgan fingerprint density at radius 1 is 0.500 bits per heavy atom. The molecule has 8 aromatic rings. The summed E-state index contributed by atoms with van der Waals surface area (Å²) < 4.78 is 64.0. The average molecular weight is 1160 g/mol. The molecule has 1 fully saturated rings. The SMILES string of the molecule is [2H]C([2H])([2H])c1cnc(-c2[c-]cc(C([2H])([2H])C([2H])([2H])c3cc(CC(C)(C)c4c[c-]c(-c5cc(C(C)(C)C)ccn5)cc4)cc(CC(C)(C)c4c[c-]c(-c5cc(C(C)(C)C)ccn5)cc4)c3)cc2)cc1-c1ccc(C2CCCCC2)cc1.[Ir+3]. The molecule has 74 heavy (non-hydrogen) atoms. The third-order valence-corrected chi connectivity index (χ3v) is 15.0. The molecule has 0 aliphatic heterocycles. The van der Waals surface area contributed by atoms with Crippen LogP contribution in [0.5, 0.6) is 0 Å². The predicted octanol–water partition coefficient (Wildman–Crippen LogP) is 17.7. The van der Waals surface area contributed by atoms with Crippen LogP contribution in [0.2, 0.25) is 0 Å². The van der Waals surface area contributed by atoms with Gasteiger partial charge in [-0.1, -0.05) is 156 Å². The van der Waals surface area contributed by atoms with Crippen molar-refractivity contribution in [2.75, 3.05) is 0 Å². The van der Waals surface area contributed by atoms with Crippen molar-refractivity contribution < 1.29 is 29.7 Å². The van der Waals surface area contributed by atoms with Crippen molar-refractivity contribution in [1.29, 1.82) is 0 Å². The van der Waals surface area contributed by atoms with Crippen molar-refractivity contribution in [3.8, 4) is 44.9 Å². The van der Waals surface area contributed by atoms with Crippen molar-refractivity contribution >= 4 is 0 Å². The largest absolute Gasteiger partial charge is 3.00 e. The number of hydrogen-bond acceptors (Lipinski definition) is 3. The molecular weight excluding hydrogens is 1080 g/mol. The van der Waals surface area contributed by atoms with Gasteiger partial charge in [-0.2, -0.15) is 0 Å². The quantitative estimate of drug-likeness (QED) is 0.102. The summed E-state index contributed by atoms with van der Waals surface area (Å²) in [6.07, 6.45) is 7.24. The maximum atomic E-state index is 9.80. The van der Waals surface area contributed by atoms with E-state index in [4.69, 9.17) is 4.11 Å². The van der Waals surface area contributed by atoms with Crippen LogP contribution in [0.1, 0.15) is 172 Å². The van der Waals surface area contributed by atoms with Gasteiger partial charge in [0, 0.05) is 28.2 Å². The van der Waals surface area contributed by atoms with E-state index >= 15 is 0 Å². The van der Waals surface area contributed by atoms with E-state index in [-0.39, 0.29) is 47.6 Å². The zero-order valence-electron chi connectivity index (χ0n) is 52.1. The van der Waals surface area contributed by atoms with Gasteiger partial charge in [-0.15, -0.1) is 106 Å². The monoisotopic (exact) mass is 1160 g/mol. The third kappa shape index (κ3) is 13.2. The van der Waals surface area contributed by atoms with Crippen molar-refractivity contribution in [3.05, 3.63) is 220 Å². The molecule has 0 unspecified atom stereocenters. The number of benzene rings is 5. The molecule has 1 aliphatic rings. The first-order valence-electron chi connectivity index (χ1n) is 29.7. The Kier molecular flexibility index (Phi) is 13.9. The first-order valence-corrected chi connectivity index (χ1v) is 26.2.